The number of ether oxygens (including phenoxy) is 2. The second-order valence-corrected chi connectivity index (χ2v) is 7.42. The van der Waals surface area contributed by atoms with Crippen molar-refractivity contribution in [1.82, 2.24) is 5.32 Å². The molecular formula is C19H30N2O5. The lowest BCUT2D eigenvalue weighted by Gasteiger charge is -2.29. The van der Waals surface area contributed by atoms with Gasteiger partial charge < -0.3 is 29.9 Å². The van der Waals surface area contributed by atoms with Gasteiger partial charge in [0.25, 0.3) is 0 Å². The molecule has 146 valence electrons. The van der Waals surface area contributed by atoms with Crippen LogP contribution in [0.25, 0.3) is 0 Å². The molecule has 0 radical (unpaired) electrons. The highest BCUT2D eigenvalue weighted by molar-refractivity contribution is 5.67. The lowest BCUT2D eigenvalue weighted by molar-refractivity contribution is 0.0123. The molecule has 0 aromatic heterocycles. The molecule has 1 aliphatic heterocycles. The summed E-state index contributed by atoms with van der Waals surface area (Å²) in [7, 11) is 0. The number of rotatable bonds is 6. The number of benzene rings is 1. The van der Waals surface area contributed by atoms with E-state index in [4.69, 9.17) is 9.47 Å². The number of carbonyl (C=O) groups is 1. The number of aliphatic hydroxyl groups excluding tert-OH is 2. The van der Waals surface area contributed by atoms with Gasteiger partial charge in [0.15, 0.2) is 0 Å². The molecule has 1 fully saturated rings. The van der Waals surface area contributed by atoms with Crippen LogP contribution in [0.2, 0.25) is 0 Å². The summed E-state index contributed by atoms with van der Waals surface area (Å²) in [6.07, 6.45) is -2.28. The fourth-order valence-corrected chi connectivity index (χ4v) is 2.72. The number of alkyl carbamates (subject to hydrolysis) is 1. The van der Waals surface area contributed by atoms with E-state index in [1.807, 2.05) is 24.3 Å². The number of aliphatic hydroxyl groups is 2. The van der Waals surface area contributed by atoms with E-state index in [1.165, 1.54) is 0 Å². The van der Waals surface area contributed by atoms with E-state index in [2.05, 4.69) is 10.2 Å². The van der Waals surface area contributed by atoms with Crippen molar-refractivity contribution in [2.75, 3.05) is 37.7 Å². The zero-order valence-corrected chi connectivity index (χ0v) is 15.8. The fraction of sp³-hybridized carbons (Fsp3) is 0.632. The summed E-state index contributed by atoms with van der Waals surface area (Å²) in [4.78, 5) is 13.8. The highest BCUT2D eigenvalue weighted by atomic mass is 16.6. The minimum atomic E-state index is -1.01. The SMILES string of the molecule is CC(C)(C)OC(=O)NCCC(O)C(O)c1ccc(N2CCOCC2)cc1. The van der Waals surface area contributed by atoms with Crippen LogP contribution in [0.3, 0.4) is 0 Å². The van der Waals surface area contributed by atoms with Gasteiger partial charge in [0, 0.05) is 25.3 Å². The van der Waals surface area contributed by atoms with E-state index in [0.717, 1.165) is 18.8 Å². The van der Waals surface area contributed by atoms with Crippen molar-refractivity contribution < 1.29 is 24.5 Å². The van der Waals surface area contributed by atoms with Gasteiger partial charge >= 0.3 is 6.09 Å². The minimum absolute atomic E-state index is 0.221. The van der Waals surface area contributed by atoms with Crippen molar-refractivity contribution >= 4 is 11.8 Å². The Hall–Kier alpha value is -1.83. The average Bonchev–Trinajstić information content (AvgIpc) is 2.60. The van der Waals surface area contributed by atoms with E-state index in [9.17, 15) is 15.0 Å². The first-order chi connectivity index (χ1) is 12.3. The monoisotopic (exact) mass is 366 g/mol. The highest BCUT2D eigenvalue weighted by Crippen LogP contribution is 2.23. The van der Waals surface area contributed by atoms with Crippen molar-refractivity contribution in [2.24, 2.45) is 0 Å². The van der Waals surface area contributed by atoms with Gasteiger partial charge in [-0.1, -0.05) is 12.1 Å². The van der Waals surface area contributed by atoms with Crippen LogP contribution in [0.4, 0.5) is 10.5 Å². The van der Waals surface area contributed by atoms with Crippen molar-refractivity contribution in [2.45, 2.75) is 45.0 Å². The molecular weight excluding hydrogens is 336 g/mol. The maximum atomic E-state index is 11.6. The molecule has 7 heteroatoms. The van der Waals surface area contributed by atoms with E-state index < -0.39 is 23.9 Å². The molecule has 1 aliphatic rings. The summed E-state index contributed by atoms with van der Waals surface area (Å²) in [6.45, 7) is 8.70. The summed E-state index contributed by atoms with van der Waals surface area (Å²) in [5.74, 6) is 0. The van der Waals surface area contributed by atoms with Crippen LogP contribution < -0.4 is 10.2 Å². The van der Waals surface area contributed by atoms with Crippen LogP contribution in [0.1, 0.15) is 38.9 Å². The van der Waals surface area contributed by atoms with Gasteiger partial charge in [0.05, 0.1) is 19.3 Å². The second-order valence-electron chi connectivity index (χ2n) is 7.42. The molecule has 1 saturated heterocycles. The Labute approximate surface area is 154 Å². The summed E-state index contributed by atoms with van der Waals surface area (Å²) in [6, 6.07) is 7.52. The Balaban J connectivity index is 1.80. The van der Waals surface area contributed by atoms with E-state index >= 15 is 0 Å². The topological polar surface area (TPSA) is 91.3 Å². The van der Waals surface area contributed by atoms with Crippen molar-refractivity contribution in [3.05, 3.63) is 29.8 Å². The van der Waals surface area contributed by atoms with Crippen LogP contribution in [-0.4, -0.2) is 60.9 Å². The molecule has 2 atom stereocenters. The Morgan fingerprint density at radius 3 is 2.42 bits per heavy atom. The molecule has 7 nitrogen and oxygen atoms in total. The van der Waals surface area contributed by atoms with E-state index in [0.29, 0.717) is 18.8 Å². The van der Waals surface area contributed by atoms with Crippen molar-refractivity contribution in [3.8, 4) is 0 Å². The minimum Gasteiger partial charge on any atom is -0.444 e. The first kappa shape index (κ1) is 20.5. The predicted molar refractivity (Wildman–Crippen MR) is 99.3 cm³/mol. The molecule has 0 spiro atoms. The molecule has 0 aliphatic carbocycles. The third kappa shape index (κ3) is 6.48. The number of nitrogens with one attached hydrogen (secondary N) is 1. The molecule has 2 rings (SSSR count). The predicted octanol–water partition coefficient (Wildman–Crippen LogP) is 1.83. The van der Waals surface area contributed by atoms with Crippen molar-refractivity contribution in [3.63, 3.8) is 0 Å². The number of carbonyl (C=O) groups excluding carboxylic acids is 1. The third-order valence-corrected chi connectivity index (χ3v) is 4.08. The van der Waals surface area contributed by atoms with E-state index in [-0.39, 0.29) is 13.0 Å². The van der Waals surface area contributed by atoms with Crippen LogP contribution in [0, 0.1) is 0 Å². The van der Waals surface area contributed by atoms with Crippen LogP contribution in [-0.2, 0) is 9.47 Å². The fourth-order valence-electron chi connectivity index (χ4n) is 2.72. The molecule has 26 heavy (non-hydrogen) atoms. The average molecular weight is 366 g/mol. The Morgan fingerprint density at radius 1 is 1.23 bits per heavy atom. The number of hydrogen-bond donors (Lipinski definition) is 3. The van der Waals surface area contributed by atoms with Gasteiger partial charge in [-0.05, 0) is 44.9 Å². The van der Waals surface area contributed by atoms with Gasteiger partial charge in [-0.25, -0.2) is 4.79 Å². The van der Waals surface area contributed by atoms with Gasteiger partial charge in [-0.15, -0.1) is 0 Å². The lowest BCUT2D eigenvalue weighted by Crippen LogP contribution is -2.36. The van der Waals surface area contributed by atoms with Crippen LogP contribution >= 0.6 is 0 Å². The second kappa shape index (κ2) is 9.21. The molecule has 0 bridgehead atoms. The Morgan fingerprint density at radius 2 is 1.85 bits per heavy atom. The number of nitrogens with zero attached hydrogens (tertiary/aromatic N) is 1. The number of morpholine rings is 1. The molecule has 1 heterocycles. The normalized spacial score (nSPS) is 17.5. The number of amides is 1. The molecule has 1 aromatic rings. The van der Waals surface area contributed by atoms with Crippen LogP contribution in [0.15, 0.2) is 24.3 Å². The summed E-state index contributed by atoms with van der Waals surface area (Å²) in [5.41, 5.74) is 1.15. The molecule has 1 amide bonds. The summed E-state index contributed by atoms with van der Waals surface area (Å²) < 4.78 is 10.5. The summed E-state index contributed by atoms with van der Waals surface area (Å²) >= 11 is 0. The maximum absolute atomic E-state index is 11.6. The number of anilines is 1. The van der Waals surface area contributed by atoms with E-state index in [1.54, 1.807) is 20.8 Å². The van der Waals surface area contributed by atoms with Gasteiger partial charge in [-0.2, -0.15) is 0 Å². The first-order valence-corrected chi connectivity index (χ1v) is 9.02. The van der Waals surface area contributed by atoms with Gasteiger partial charge in [0.2, 0.25) is 0 Å². The first-order valence-electron chi connectivity index (χ1n) is 9.02. The quantitative estimate of drug-likeness (QED) is 0.712. The van der Waals surface area contributed by atoms with Gasteiger partial charge in [-0.3, -0.25) is 0 Å². The molecule has 1 aromatic carbocycles. The number of hydrogen-bond acceptors (Lipinski definition) is 6. The molecule has 0 saturated carbocycles. The lowest BCUT2D eigenvalue weighted by atomic mass is 10.0. The summed E-state index contributed by atoms with van der Waals surface area (Å²) in [5, 5.41) is 23.1. The largest absolute Gasteiger partial charge is 0.444 e. The zero-order chi connectivity index (χ0) is 19.2. The maximum Gasteiger partial charge on any atom is 0.407 e. The third-order valence-electron chi connectivity index (χ3n) is 4.08. The van der Waals surface area contributed by atoms with Crippen LogP contribution in [0.5, 0.6) is 0 Å². The van der Waals surface area contributed by atoms with Gasteiger partial charge in [0.1, 0.15) is 11.7 Å². The Kier molecular flexibility index (Phi) is 7.25. The highest BCUT2D eigenvalue weighted by Gasteiger charge is 2.20. The zero-order valence-electron chi connectivity index (χ0n) is 15.8. The standard InChI is InChI=1S/C19H30N2O5/c1-19(2,3)26-18(24)20-9-8-16(22)17(23)14-4-6-15(7-5-14)21-10-12-25-13-11-21/h4-7,16-17,22-23H,8-13H2,1-3H3,(H,20,24). The smallest absolute Gasteiger partial charge is 0.407 e. The molecule has 2 unspecified atom stereocenters. The molecule has 3 N–H and O–H groups in total. The Bertz CT molecular complexity index is 564. The van der Waals surface area contributed by atoms with Crippen molar-refractivity contribution in [1.29, 1.82) is 0 Å².